The molecule has 3 aromatic heterocycles. The van der Waals surface area contributed by atoms with Crippen LogP contribution in [0.25, 0.3) is 11.4 Å². The molecule has 3 aromatic rings. The van der Waals surface area contributed by atoms with Crippen molar-refractivity contribution in [3.8, 4) is 17.3 Å². The highest BCUT2D eigenvalue weighted by atomic mass is 19.4. The molecule has 5 heterocycles. The molecule has 5 rings (SSSR count). The summed E-state index contributed by atoms with van der Waals surface area (Å²) in [4.78, 5) is 30.6. The lowest BCUT2D eigenvalue weighted by Gasteiger charge is -2.37. The standard InChI is InChI=1S/C25H24F4N6O2/c1-14(16-11-19(37-2)32-12-18(16)26)23(36)35-9-6-24(13-35)5-4-15-10-17(22-30-7-3-8-31-22)20(25(27,28)29)33-21(15)34-24/h3,7-8,10-12,14H,4-6,9,13H2,1-2H3,(H,33,34)/t14-,24?/m1/s1. The van der Waals surface area contributed by atoms with Gasteiger partial charge in [0.25, 0.3) is 0 Å². The maximum Gasteiger partial charge on any atom is 0.434 e. The van der Waals surface area contributed by atoms with Gasteiger partial charge in [-0.15, -0.1) is 0 Å². The molecule has 1 unspecified atom stereocenters. The maximum absolute atomic E-state index is 14.4. The number of pyridine rings is 2. The Morgan fingerprint density at radius 1 is 1.19 bits per heavy atom. The third kappa shape index (κ3) is 4.67. The number of fused-ring (bicyclic) bond motifs is 1. The van der Waals surface area contributed by atoms with Gasteiger partial charge in [-0.05, 0) is 43.9 Å². The van der Waals surface area contributed by atoms with Gasteiger partial charge in [0.1, 0.15) is 11.6 Å². The number of aryl methyl sites for hydroxylation is 1. The van der Waals surface area contributed by atoms with E-state index in [1.807, 2.05) is 0 Å². The SMILES string of the molecule is COc1cc([C@@H](C)C(=O)N2CCC3(CCc4cc(-c5ncccn5)c(C(F)(F)F)nc4N3)C2)c(F)cn1. The first-order chi connectivity index (χ1) is 17.6. The Balaban J connectivity index is 1.39. The quantitative estimate of drug-likeness (QED) is 0.519. The second kappa shape index (κ2) is 9.24. The number of anilines is 1. The number of amides is 1. The minimum atomic E-state index is -4.71. The van der Waals surface area contributed by atoms with Crippen molar-refractivity contribution < 1.29 is 27.1 Å². The Kier molecular flexibility index (Phi) is 6.20. The number of nitrogens with one attached hydrogen (secondary N) is 1. The highest BCUT2D eigenvalue weighted by molar-refractivity contribution is 5.84. The van der Waals surface area contributed by atoms with Crippen LogP contribution in [0.15, 0.2) is 36.8 Å². The predicted molar refractivity (Wildman–Crippen MR) is 125 cm³/mol. The van der Waals surface area contributed by atoms with Crippen LogP contribution in [0, 0.1) is 5.82 Å². The first kappa shape index (κ1) is 24.8. The van der Waals surface area contributed by atoms with Gasteiger partial charge in [-0.2, -0.15) is 13.2 Å². The smallest absolute Gasteiger partial charge is 0.434 e. The zero-order valence-corrected chi connectivity index (χ0v) is 20.1. The predicted octanol–water partition coefficient (Wildman–Crippen LogP) is 4.23. The van der Waals surface area contributed by atoms with Gasteiger partial charge < -0.3 is 15.0 Å². The van der Waals surface area contributed by atoms with Crippen molar-refractivity contribution in [2.75, 3.05) is 25.5 Å². The summed E-state index contributed by atoms with van der Waals surface area (Å²) in [5.41, 5.74) is -1.06. The Hall–Kier alpha value is -3.83. The molecule has 0 aliphatic carbocycles. The maximum atomic E-state index is 14.4. The van der Waals surface area contributed by atoms with Crippen molar-refractivity contribution in [2.45, 2.75) is 43.8 Å². The average Bonchev–Trinajstić information content (AvgIpc) is 3.30. The first-order valence-electron chi connectivity index (χ1n) is 11.8. The molecule has 0 bridgehead atoms. The van der Waals surface area contributed by atoms with Crippen molar-refractivity contribution in [1.82, 2.24) is 24.8 Å². The summed E-state index contributed by atoms with van der Waals surface area (Å²) in [5, 5.41) is 3.21. The highest BCUT2D eigenvalue weighted by Gasteiger charge is 2.45. The minimum absolute atomic E-state index is 0.0444. The molecule has 1 amide bonds. The first-order valence-corrected chi connectivity index (χ1v) is 11.8. The average molecular weight is 516 g/mol. The number of likely N-dealkylation sites (tertiary alicyclic amines) is 1. The number of nitrogens with zero attached hydrogens (tertiary/aromatic N) is 5. The van der Waals surface area contributed by atoms with E-state index in [4.69, 9.17) is 4.74 Å². The molecule has 2 aliphatic rings. The topological polar surface area (TPSA) is 93.1 Å². The molecule has 0 saturated carbocycles. The van der Waals surface area contributed by atoms with E-state index in [0.717, 1.165) is 6.20 Å². The van der Waals surface area contributed by atoms with E-state index in [2.05, 4.69) is 25.3 Å². The van der Waals surface area contributed by atoms with Crippen molar-refractivity contribution >= 4 is 11.7 Å². The summed E-state index contributed by atoms with van der Waals surface area (Å²) in [6.45, 7) is 2.27. The van der Waals surface area contributed by atoms with Crippen molar-refractivity contribution in [1.29, 1.82) is 0 Å². The number of aromatic nitrogens is 4. The zero-order valence-electron chi connectivity index (χ0n) is 20.1. The van der Waals surface area contributed by atoms with Gasteiger partial charge in [0, 0.05) is 37.1 Å². The van der Waals surface area contributed by atoms with Crippen LogP contribution in [-0.4, -0.2) is 56.5 Å². The fourth-order valence-electron chi connectivity index (χ4n) is 5.02. The number of rotatable bonds is 4. The van der Waals surface area contributed by atoms with Crippen LogP contribution in [0.4, 0.5) is 23.4 Å². The number of hydrogen-bond acceptors (Lipinski definition) is 7. The van der Waals surface area contributed by atoms with E-state index in [9.17, 15) is 22.4 Å². The van der Waals surface area contributed by atoms with Crippen LogP contribution in [-0.2, 0) is 17.4 Å². The van der Waals surface area contributed by atoms with Crippen LogP contribution in [0.2, 0.25) is 0 Å². The van der Waals surface area contributed by atoms with Crippen molar-refractivity contribution in [3.63, 3.8) is 0 Å². The molecule has 0 aromatic carbocycles. The largest absolute Gasteiger partial charge is 0.481 e. The molecular formula is C25H24F4N6O2. The van der Waals surface area contributed by atoms with Gasteiger partial charge >= 0.3 is 6.18 Å². The summed E-state index contributed by atoms with van der Waals surface area (Å²) < 4.78 is 61.3. The summed E-state index contributed by atoms with van der Waals surface area (Å²) in [7, 11) is 1.40. The van der Waals surface area contributed by atoms with E-state index in [1.165, 1.54) is 37.7 Å². The van der Waals surface area contributed by atoms with Gasteiger partial charge in [0.2, 0.25) is 11.8 Å². The van der Waals surface area contributed by atoms with Gasteiger partial charge in [-0.3, -0.25) is 4.79 Å². The number of methoxy groups -OCH3 is 1. The van der Waals surface area contributed by atoms with Crippen LogP contribution >= 0.6 is 0 Å². The summed E-state index contributed by atoms with van der Waals surface area (Å²) in [5.74, 6) is -1.38. The minimum Gasteiger partial charge on any atom is -0.481 e. The molecule has 37 heavy (non-hydrogen) atoms. The molecule has 2 atom stereocenters. The number of alkyl halides is 3. The van der Waals surface area contributed by atoms with Crippen molar-refractivity contribution in [2.24, 2.45) is 0 Å². The second-order valence-corrected chi connectivity index (χ2v) is 9.35. The molecule has 8 nitrogen and oxygen atoms in total. The number of ether oxygens (including phenoxy) is 1. The molecule has 1 spiro atoms. The second-order valence-electron chi connectivity index (χ2n) is 9.35. The lowest BCUT2D eigenvalue weighted by atomic mass is 9.86. The third-order valence-corrected chi connectivity index (χ3v) is 7.00. The van der Waals surface area contributed by atoms with Crippen molar-refractivity contribution in [3.05, 3.63) is 59.4 Å². The van der Waals surface area contributed by atoms with Crippen LogP contribution in [0.1, 0.15) is 42.5 Å². The fraction of sp³-hybridized carbons (Fsp3) is 0.400. The monoisotopic (exact) mass is 516 g/mol. The molecule has 0 radical (unpaired) electrons. The zero-order chi connectivity index (χ0) is 26.4. The summed E-state index contributed by atoms with van der Waals surface area (Å²) in [6, 6.07) is 4.37. The lowest BCUT2D eigenvalue weighted by molar-refractivity contribution is -0.140. The summed E-state index contributed by atoms with van der Waals surface area (Å²) in [6.07, 6.45) is 0.668. The number of hydrogen-bond donors (Lipinski definition) is 1. The van der Waals surface area contributed by atoms with E-state index >= 15 is 0 Å². The van der Waals surface area contributed by atoms with Gasteiger partial charge in [0.15, 0.2) is 11.5 Å². The molecule has 1 saturated heterocycles. The Labute approximate surface area is 210 Å². The van der Waals surface area contributed by atoms with Gasteiger partial charge in [-0.1, -0.05) is 0 Å². The molecule has 1 N–H and O–H groups in total. The molecular weight excluding hydrogens is 492 g/mol. The van der Waals surface area contributed by atoms with Gasteiger partial charge in [0.05, 0.1) is 30.3 Å². The molecule has 194 valence electrons. The fourth-order valence-corrected chi connectivity index (χ4v) is 5.02. The number of halogens is 4. The van der Waals surface area contributed by atoms with E-state index < -0.39 is 29.1 Å². The third-order valence-electron chi connectivity index (χ3n) is 7.00. The molecule has 1 fully saturated rings. The van der Waals surface area contributed by atoms with Gasteiger partial charge in [-0.25, -0.2) is 24.3 Å². The van der Waals surface area contributed by atoms with E-state index in [0.29, 0.717) is 31.4 Å². The normalized spacial score (nSPS) is 19.9. The summed E-state index contributed by atoms with van der Waals surface area (Å²) >= 11 is 0. The van der Waals surface area contributed by atoms with E-state index in [1.54, 1.807) is 11.8 Å². The highest BCUT2D eigenvalue weighted by Crippen LogP contribution is 2.42. The van der Waals surface area contributed by atoms with Crippen LogP contribution in [0.5, 0.6) is 5.88 Å². The Bertz CT molecular complexity index is 1340. The van der Waals surface area contributed by atoms with Crippen LogP contribution in [0.3, 0.4) is 0 Å². The lowest BCUT2D eigenvalue weighted by Crippen LogP contribution is -2.46. The molecule has 2 aliphatic heterocycles. The molecule has 12 heteroatoms. The number of carbonyl (C=O) groups is 1. The Morgan fingerprint density at radius 3 is 2.65 bits per heavy atom. The van der Waals surface area contributed by atoms with Crippen LogP contribution < -0.4 is 10.1 Å². The number of carbonyl (C=O) groups excluding carboxylic acids is 1. The Morgan fingerprint density at radius 2 is 1.95 bits per heavy atom. The van der Waals surface area contributed by atoms with E-state index in [-0.39, 0.29) is 41.1 Å².